The van der Waals surface area contributed by atoms with Crippen LogP contribution in [0.15, 0.2) is 33.9 Å². The SMILES string of the molecule is COc1ccc(Cc2nnc(SCC(=O)NC3(C#N)CCCCC3)o2)cc1. The number of hydrogen-bond donors (Lipinski definition) is 1. The van der Waals surface area contributed by atoms with Gasteiger partial charge in [0.15, 0.2) is 0 Å². The molecule has 7 nitrogen and oxygen atoms in total. The molecule has 1 aliphatic carbocycles. The smallest absolute Gasteiger partial charge is 0.277 e. The van der Waals surface area contributed by atoms with E-state index >= 15 is 0 Å². The molecule has 1 amide bonds. The number of carbonyl (C=O) groups excluding carboxylic acids is 1. The highest BCUT2D eigenvalue weighted by molar-refractivity contribution is 7.99. The molecule has 0 bridgehead atoms. The van der Waals surface area contributed by atoms with Crippen LogP contribution in [0.5, 0.6) is 5.75 Å². The molecular formula is C19H22N4O3S. The van der Waals surface area contributed by atoms with Crippen molar-refractivity contribution in [1.82, 2.24) is 15.5 Å². The zero-order chi connectivity index (χ0) is 19.1. The first kappa shape index (κ1) is 19.2. The zero-order valence-corrected chi connectivity index (χ0v) is 16.1. The van der Waals surface area contributed by atoms with Crippen LogP contribution in [0.3, 0.4) is 0 Å². The zero-order valence-electron chi connectivity index (χ0n) is 15.2. The lowest BCUT2D eigenvalue weighted by molar-refractivity contribution is -0.120. The largest absolute Gasteiger partial charge is 0.497 e. The fraction of sp³-hybridized carbons (Fsp3) is 0.474. The molecular weight excluding hydrogens is 364 g/mol. The lowest BCUT2D eigenvalue weighted by Crippen LogP contribution is -2.49. The van der Waals surface area contributed by atoms with E-state index in [1.54, 1.807) is 7.11 Å². The van der Waals surface area contributed by atoms with Gasteiger partial charge in [0.2, 0.25) is 11.8 Å². The molecule has 1 heterocycles. The van der Waals surface area contributed by atoms with Crippen LogP contribution in [0.2, 0.25) is 0 Å². The standard InChI is InChI=1S/C19H22N4O3S/c1-25-15-7-5-14(6-8-15)11-17-22-23-18(26-17)27-12-16(24)21-19(13-20)9-3-2-4-10-19/h5-8H,2-4,9-12H2,1H3,(H,21,24). The Morgan fingerprint density at radius 3 is 2.70 bits per heavy atom. The summed E-state index contributed by atoms with van der Waals surface area (Å²) < 4.78 is 10.7. The van der Waals surface area contributed by atoms with E-state index in [9.17, 15) is 10.1 Å². The van der Waals surface area contributed by atoms with Gasteiger partial charge in [0.05, 0.1) is 25.4 Å². The second kappa shape index (κ2) is 8.91. The predicted octanol–water partition coefficient (Wildman–Crippen LogP) is 3.10. The van der Waals surface area contributed by atoms with E-state index in [0.29, 0.717) is 30.4 Å². The van der Waals surface area contributed by atoms with Crippen molar-refractivity contribution in [3.8, 4) is 11.8 Å². The van der Waals surface area contributed by atoms with Crippen LogP contribution in [-0.4, -0.2) is 34.5 Å². The summed E-state index contributed by atoms with van der Waals surface area (Å²) in [5.74, 6) is 1.25. The minimum Gasteiger partial charge on any atom is -0.497 e. The van der Waals surface area contributed by atoms with Gasteiger partial charge in [-0.1, -0.05) is 43.2 Å². The Labute approximate surface area is 162 Å². The van der Waals surface area contributed by atoms with Crippen LogP contribution in [0.25, 0.3) is 0 Å². The Balaban J connectivity index is 1.50. The number of nitrogens with one attached hydrogen (secondary N) is 1. The first-order valence-electron chi connectivity index (χ1n) is 8.93. The summed E-state index contributed by atoms with van der Waals surface area (Å²) >= 11 is 1.18. The number of methoxy groups -OCH3 is 1. The maximum absolute atomic E-state index is 12.2. The van der Waals surface area contributed by atoms with E-state index in [1.807, 2.05) is 24.3 Å². The lowest BCUT2D eigenvalue weighted by Gasteiger charge is -2.31. The Hall–Kier alpha value is -2.53. The number of nitriles is 1. The van der Waals surface area contributed by atoms with Gasteiger partial charge in [-0.2, -0.15) is 5.26 Å². The molecule has 0 radical (unpaired) electrons. The number of aromatic nitrogens is 2. The van der Waals surface area contributed by atoms with E-state index in [0.717, 1.165) is 30.6 Å². The van der Waals surface area contributed by atoms with Crippen LogP contribution < -0.4 is 10.1 Å². The molecule has 27 heavy (non-hydrogen) atoms. The molecule has 1 aromatic heterocycles. The van der Waals surface area contributed by atoms with Crippen molar-refractivity contribution in [3.63, 3.8) is 0 Å². The summed E-state index contributed by atoms with van der Waals surface area (Å²) in [4.78, 5) is 12.2. The third-order valence-corrected chi connectivity index (χ3v) is 5.41. The molecule has 1 aromatic carbocycles. The number of amides is 1. The van der Waals surface area contributed by atoms with Gasteiger partial charge >= 0.3 is 0 Å². The fourth-order valence-corrected chi connectivity index (χ4v) is 3.72. The average molecular weight is 386 g/mol. The summed E-state index contributed by atoms with van der Waals surface area (Å²) in [5, 5.41) is 20.7. The minimum absolute atomic E-state index is 0.146. The lowest BCUT2D eigenvalue weighted by atomic mass is 9.83. The molecule has 1 N–H and O–H groups in total. The van der Waals surface area contributed by atoms with Crippen molar-refractivity contribution in [3.05, 3.63) is 35.7 Å². The van der Waals surface area contributed by atoms with Crippen molar-refractivity contribution in [2.75, 3.05) is 12.9 Å². The number of rotatable bonds is 7. The second-order valence-electron chi connectivity index (χ2n) is 6.58. The number of benzene rings is 1. The monoisotopic (exact) mass is 386 g/mol. The fourth-order valence-electron chi connectivity index (χ4n) is 3.14. The minimum atomic E-state index is -0.718. The molecule has 0 atom stereocenters. The number of carbonyl (C=O) groups is 1. The van der Waals surface area contributed by atoms with Gasteiger partial charge in [0.1, 0.15) is 11.3 Å². The van der Waals surface area contributed by atoms with Crippen molar-refractivity contribution >= 4 is 17.7 Å². The molecule has 142 valence electrons. The summed E-state index contributed by atoms with van der Waals surface area (Å²) in [5.41, 5.74) is 0.312. The van der Waals surface area contributed by atoms with E-state index < -0.39 is 5.54 Å². The van der Waals surface area contributed by atoms with Gasteiger partial charge in [-0.3, -0.25) is 4.79 Å². The molecule has 1 aliphatic rings. The third kappa shape index (κ3) is 5.23. The Morgan fingerprint density at radius 1 is 1.30 bits per heavy atom. The van der Waals surface area contributed by atoms with Crippen molar-refractivity contribution < 1.29 is 13.9 Å². The molecule has 0 aliphatic heterocycles. The van der Waals surface area contributed by atoms with Crippen molar-refractivity contribution in [2.45, 2.75) is 49.3 Å². The molecule has 2 aromatic rings. The number of ether oxygens (including phenoxy) is 1. The van der Waals surface area contributed by atoms with Crippen molar-refractivity contribution in [1.29, 1.82) is 5.26 Å². The van der Waals surface area contributed by atoms with Gasteiger partial charge in [-0.25, -0.2) is 0 Å². The molecule has 1 fully saturated rings. The average Bonchev–Trinajstić information content (AvgIpc) is 3.15. The molecule has 3 rings (SSSR count). The van der Waals surface area contributed by atoms with Gasteiger partial charge in [-0.05, 0) is 30.5 Å². The van der Waals surface area contributed by atoms with E-state index in [4.69, 9.17) is 9.15 Å². The van der Waals surface area contributed by atoms with Crippen LogP contribution >= 0.6 is 11.8 Å². The maximum atomic E-state index is 12.2. The summed E-state index contributed by atoms with van der Waals surface area (Å²) in [7, 11) is 1.62. The second-order valence-corrected chi connectivity index (χ2v) is 7.50. The Morgan fingerprint density at radius 2 is 2.04 bits per heavy atom. The Bertz CT molecular complexity index is 807. The predicted molar refractivity (Wildman–Crippen MR) is 100 cm³/mol. The summed E-state index contributed by atoms with van der Waals surface area (Å²) in [6.07, 6.45) is 5.01. The highest BCUT2D eigenvalue weighted by Gasteiger charge is 2.33. The van der Waals surface area contributed by atoms with Crippen LogP contribution in [0, 0.1) is 11.3 Å². The molecule has 1 saturated carbocycles. The van der Waals surface area contributed by atoms with Gasteiger partial charge < -0.3 is 14.5 Å². The molecule has 0 saturated heterocycles. The van der Waals surface area contributed by atoms with E-state index in [2.05, 4.69) is 21.6 Å². The van der Waals surface area contributed by atoms with Crippen LogP contribution in [-0.2, 0) is 11.2 Å². The first-order chi connectivity index (χ1) is 13.1. The van der Waals surface area contributed by atoms with Gasteiger partial charge in [0.25, 0.3) is 5.22 Å². The maximum Gasteiger partial charge on any atom is 0.277 e. The number of nitrogens with zero attached hydrogens (tertiary/aromatic N) is 3. The normalized spacial score (nSPS) is 15.7. The van der Waals surface area contributed by atoms with E-state index in [1.165, 1.54) is 11.8 Å². The Kier molecular flexibility index (Phi) is 6.35. The number of thioether (sulfide) groups is 1. The van der Waals surface area contributed by atoms with Crippen molar-refractivity contribution in [2.24, 2.45) is 0 Å². The summed E-state index contributed by atoms with van der Waals surface area (Å²) in [6, 6.07) is 9.92. The highest BCUT2D eigenvalue weighted by atomic mass is 32.2. The first-order valence-corrected chi connectivity index (χ1v) is 9.91. The third-order valence-electron chi connectivity index (χ3n) is 4.59. The number of hydrogen-bond acceptors (Lipinski definition) is 7. The summed E-state index contributed by atoms with van der Waals surface area (Å²) in [6.45, 7) is 0. The van der Waals surface area contributed by atoms with Crippen LogP contribution in [0.1, 0.15) is 43.6 Å². The highest BCUT2D eigenvalue weighted by Crippen LogP contribution is 2.28. The molecule has 8 heteroatoms. The molecule has 0 spiro atoms. The van der Waals surface area contributed by atoms with Gasteiger partial charge in [0, 0.05) is 0 Å². The quantitative estimate of drug-likeness (QED) is 0.730. The van der Waals surface area contributed by atoms with E-state index in [-0.39, 0.29) is 11.7 Å². The van der Waals surface area contributed by atoms with Gasteiger partial charge in [-0.15, -0.1) is 10.2 Å². The molecule has 0 unspecified atom stereocenters. The topological polar surface area (TPSA) is 101 Å². The van der Waals surface area contributed by atoms with Crippen LogP contribution in [0.4, 0.5) is 0 Å².